The first-order chi connectivity index (χ1) is 29.9. The van der Waals surface area contributed by atoms with Crippen molar-refractivity contribution >= 4 is 29.2 Å². The fourth-order valence-corrected chi connectivity index (χ4v) is 9.32. The van der Waals surface area contributed by atoms with Gasteiger partial charge in [0.25, 0.3) is 0 Å². The predicted octanol–water partition coefficient (Wildman–Crippen LogP) is 16.7. The van der Waals surface area contributed by atoms with Gasteiger partial charge in [-0.15, -0.1) is 0 Å². The van der Waals surface area contributed by atoms with Gasteiger partial charge < -0.3 is 4.90 Å². The molecule has 0 radical (unpaired) electrons. The van der Waals surface area contributed by atoms with Crippen molar-refractivity contribution in [2.45, 2.75) is 57.8 Å². The van der Waals surface area contributed by atoms with Gasteiger partial charge in [0.1, 0.15) is 0 Å². The van der Waals surface area contributed by atoms with Crippen molar-refractivity contribution in [1.82, 2.24) is 0 Å². The molecule has 8 aromatic rings. The highest BCUT2D eigenvalue weighted by Gasteiger charge is 2.48. The molecule has 0 N–H and O–H groups in total. The average molecular weight is 802 g/mol. The lowest BCUT2D eigenvalue weighted by molar-refractivity contribution is 0.586. The van der Waals surface area contributed by atoms with Gasteiger partial charge in [-0.05, 0) is 113 Å². The first-order valence-electron chi connectivity index (χ1n) is 21.8. The smallest absolute Gasteiger partial charge is 0.0714 e. The second-order valence-corrected chi connectivity index (χ2v) is 18.7. The Labute approximate surface area is 369 Å². The van der Waals surface area contributed by atoms with Crippen molar-refractivity contribution in [3.05, 3.63) is 246 Å². The second kappa shape index (κ2) is 15.8. The lowest BCUT2D eigenvalue weighted by Crippen LogP contribution is -2.30. The summed E-state index contributed by atoms with van der Waals surface area (Å²) in [5.41, 5.74) is 19.6. The summed E-state index contributed by atoms with van der Waals surface area (Å²) < 4.78 is 0. The maximum absolute atomic E-state index is 4.12. The normalized spacial score (nSPS) is 12.9. The van der Waals surface area contributed by atoms with E-state index in [9.17, 15) is 0 Å². The van der Waals surface area contributed by atoms with Gasteiger partial charge in [0, 0.05) is 16.9 Å². The predicted molar refractivity (Wildman–Crippen MR) is 267 cm³/mol. The summed E-state index contributed by atoms with van der Waals surface area (Å²) in [6, 6.07) is 70.0. The molecule has 0 aromatic heterocycles. The standard InChI is InChI=1S/C61H55N/c1-9-42-21-29-48(30-22-42)61(49-31-23-43(10-2)24-32-49)55-39-50(59(3,4)5)33-38-54(55)58-56(61)40-51(60(6,7)8)41-57(58)62(52-34-25-46(26-35-52)44-17-13-11-14-18-44)53-36-27-47(28-37-53)45-19-15-12-16-20-45/h9-41H,1-2H2,3-8H3. The Hall–Kier alpha value is -6.96. The number of anilines is 3. The molecule has 0 bridgehead atoms. The fraction of sp³-hybridized carbons (Fsp3) is 0.148. The molecule has 8 aromatic carbocycles. The molecule has 1 aliphatic rings. The van der Waals surface area contributed by atoms with Crippen LogP contribution in [0.1, 0.15) is 86.1 Å². The highest BCUT2D eigenvalue weighted by molar-refractivity contribution is 5.98. The molecule has 1 nitrogen and oxygen atoms in total. The van der Waals surface area contributed by atoms with Crippen LogP contribution in [0.5, 0.6) is 0 Å². The van der Waals surface area contributed by atoms with E-state index in [0.29, 0.717) is 0 Å². The van der Waals surface area contributed by atoms with Gasteiger partial charge in [0.05, 0.1) is 11.1 Å². The SMILES string of the molecule is C=Cc1ccc(C2(c3ccc(C=C)cc3)c3cc(C(C)(C)C)ccc3-c3c(N(c4ccc(-c5ccccc5)cc4)c4ccc(-c5ccccc5)cc4)cc(C(C)(C)C)cc32)cc1. The number of hydrogen-bond donors (Lipinski definition) is 0. The lowest BCUT2D eigenvalue weighted by atomic mass is 9.66. The van der Waals surface area contributed by atoms with Crippen LogP contribution in [0.4, 0.5) is 17.1 Å². The first-order valence-corrected chi connectivity index (χ1v) is 21.8. The summed E-state index contributed by atoms with van der Waals surface area (Å²) >= 11 is 0. The number of fused-ring (bicyclic) bond motifs is 3. The van der Waals surface area contributed by atoms with Gasteiger partial charge in [-0.1, -0.05) is 225 Å². The number of nitrogens with zero attached hydrogens (tertiary/aromatic N) is 1. The quantitative estimate of drug-likeness (QED) is 0.141. The molecule has 0 amide bonds. The maximum atomic E-state index is 4.12. The van der Waals surface area contributed by atoms with E-state index in [1.165, 1.54) is 66.8 Å². The van der Waals surface area contributed by atoms with Gasteiger partial charge in [0.2, 0.25) is 0 Å². The third kappa shape index (κ3) is 7.12. The topological polar surface area (TPSA) is 3.24 Å². The molecule has 0 aliphatic heterocycles. The maximum Gasteiger partial charge on any atom is 0.0714 e. The van der Waals surface area contributed by atoms with Crippen LogP contribution in [0.3, 0.4) is 0 Å². The molecular weight excluding hydrogens is 747 g/mol. The summed E-state index contributed by atoms with van der Waals surface area (Å²) in [6.07, 6.45) is 3.87. The molecule has 0 atom stereocenters. The number of rotatable bonds is 9. The van der Waals surface area contributed by atoms with E-state index in [1.807, 2.05) is 12.2 Å². The van der Waals surface area contributed by atoms with Crippen molar-refractivity contribution < 1.29 is 0 Å². The fourth-order valence-electron chi connectivity index (χ4n) is 9.32. The second-order valence-electron chi connectivity index (χ2n) is 18.7. The van der Waals surface area contributed by atoms with Crippen LogP contribution >= 0.6 is 0 Å². The van der Waals surface area contributed by atoms with E-state index in [1.54, 1.807) is 0 Å². The Balaban J connectivity index is 1.40. The van der Waals surface area contributed by atoms with Crippen LogP contribution in [0, 0.1) is 0 Å². The minimum atomic E-state index is -0.638. The molecule has 1 heteroatoms. The monoisotopic (exact) mass is 801 g/mol. The Bertz CT molecular complexity index is 2750. The Kier molecular flexibility index (Phi) is 10.3. The summed E-state index contributed by atoms with van der Waals surface area (Å²) in [4.78, 5) is 2.50. The summed E-state index contributed by atoms with van der Waals surface area (Å²) in [7, 11) is 0. The van der Waals surface area contributed by atoms with E-state index in [2.05, 4.69) is 248 Å². The van der Waals surface area contributed by atoms with Gasteiger partial charge >= 0.3 is 0 Å². The zero-order valence-electron chi connectivity index (χ0n) is 36.9. The van der Waals surface area contributed by atoms with Crippen LogP contribution in [-0.2, 0) is 16.2 Å². The summed E-state index contributed by atoms with van der Waals surface area (Å²) in [5, 5.41) is 0. The minimum Gasteiger partial charge on any atom is -0.310 e. The van der Waals surface area contributed by atoms with Crippen LogP contribution in [0.15, 0.2) is 201 Å². The van der Waals surface area contributed by atoms with E-state index < -0.39 is 5.41 Å². The summed E-state index contributed by atoms with van der Waals surface area (Å²) in [6.45, 7) is 22.2. The van der Waals surface area contributed by atoms with E-state index in [0.717, 1.165) is 28.2 Å². The van der Waals surface area contributed by atoms with Crippen LogP contribution in [0.25, 0.3) is 45.5 Å². The van der Waals surface area contributed by atoms with Crippen molar-refractivity contribution in [1.29, 1.82) is 0 Å². The van der Waals surface area contributed by atoms with Gasteiger partial charge in [-0.2, -0.15) is 0 Å². The van der Waals surface area contributed by atoms with Gasteiger partial charge in [0.15, 0.2) is 0 Å². The molecule has 9 rings (SSSR count). The first kappa shape index (κ1) is 40.4. The molecule has 62 heavy (non-hydrogen) atoms. The Morgan fingerprint density at radius 1 is 0.419 bits per heavy atom. The van der Waals surface area contributed by atoms with Crippen LogP contribution in [0.2, 0.25) is 0 Å². The zero-order chi connectivity index (χ0) is 43.2. The molecule has 0 unspecified atom stereocenters. The molecule has 0 heterocycles. The van der Waals surface area contributed by atoms with Crippen molar-refractivity contribution in [2.75, 3.05) is 4.90 Å². The molecule has 304 valence electrons. The Morgan fingerprint density at radius 3 is 1.26 bits per heavy atom. The zero-order valence-corrected chi connectivity index (χ0v) is 36.9. The van der Waals surface area contributed by atoms with Gasteiger partial charge in [-0.3, -0.25) is 0 Å². The molecule has 1 aliphatic carbocycles. The number of benzene rings is 8. The molecular formula is C61H55N. The van der Waals surface area contributed by atoms with Crippen LogP contribution in [-0.4, -0.2) is 0 Å². The van der Waals surface area contributed by atoms with E-state index in [-0.39, 0.29) is 10.8 Å². The molecule has 0 saturated heterocycles. The van der Waals surface area contributed by atoms with E-state index >= 15 is 0 Å². The van der Waals surface area contributed by atoms with Crippen molar-refractivity contribution in [3.8, 4) is 33.4 Å². The third-order valence-corrected chi connectivity index (χ3v) is 12.8. The molecule has 0 saturated carbocycles. The lowest BCUT2D eigenvalue weighted by Gasteiger charge is -2.36. The molecule has 0 spiro atoms. The van der Waals surface area contributed by atoms with Crippen LogP contribution < -0.4 is 4.90 Å². The Morgan fingerprint density at radius 2 is 0.839 bits per heavy atom. The largest absolute Gasteiger partial charge is 0.310 e. The highest BCUT2D eigenvalue weighted by atomic mass is 15.1. The van der Waals surface area contributed by atoms with Crippen molar-refractivity contribution in [2.24, 2.45) is 0 Å². The number of hydrogen-bond acceptors (Lipinski definition) is 1. The van der Waals surface area contributed by atoms with Gasteiger partial charge in [-0.25, -0.2) is 0 Å². The third-order valence-electron chi connectivity index (χ3n) is 12.8. The molecule has 0 fully saturated rings. The van der Waals surface area contributed by atoms with Crippen molar-refractivity contribution in [3.63, 3.8) is 0 Å². The average Bonchev–Trinajstić information content (AvgIpc) is 3.60. The van der Waals surface area contributed by atoms with E-state index in [4.69, 9.17) is 0 Å². The summed E-state index contributed by atoms with van der Waals surface area (Å²) in [5.74, 6) is 0. The highest BCUT2D eigenvalue weighted by Crippen LogP contribution is 2.61. The minimum absolute atomic E-state index is 0.0681.